The molecule has 0 aromatic heterocycles. The van der Waals surface area contributed by atoms with Gasteiger partial charge in [-0.3, -0.25) is 4.79 Å². The quantitative estimate of drug-likeness (QED) is 0.618. The van der Waals surface area contributed by atoms with Crippen molar-refractivity contribution in [2.24, 2.45) is 0 Å². The first kappa shape index (κ1) is 20.6. The van der Waals surface area contributed by atoms with Crippen LogP contribution in [-0.4, -0.2) is 20.9 Å². The number of hydrogen-bond donors (Lipinski definition) is 1. The van der Waals surface area contributed by atoms with Crippen molar-refractivity contribution in [1.29, 1.82) is 0 Å². The fourth-order valence-corrected chi connectivity index (χ4v) is 4.20. The van der Waals surface area contributed by atoms with E-state index in [9.17, 15) is 13.2 Å². The lowest BCUT2D eigenvalue weighted by molar-refractivity contribution is 0.102. The molecule has 6 heteroatoms. The number of nitrogens with one attached hydrogen (secondary N) is 1. The Labute approximate surface area is 171 Å². The Bertz CT molecular complexity index is 1090. The number of para-hydroxylation sites is 2. The molecule has 1 N–H and O–H groups in total. The molecule has 0 aliphatic carbocycles. The Morgan fingerprint density at radius 2 is 1.59 bits per heavy atom. The lowest BCUT2D eigenvalue weighted by Crippen LogP contribution is -2.13. The molecular weight excluding hydrogens is 386 g/mol. The van der Waals surface area contributed by atoms with Crippen LogP contribution in [0.15, 0.2) is 77.7 Å². The molecule has 0 unspecified atom stereocenters. The second-order valence-corrected chi connectivity index (χ2v) is 8.64. The molecule has 5 nitrogen and oxygen atoms in total. The van der Waals surface area contributed by atoms with E-state index in [1.807, 2.05) is 26.0 Å². The molecule has 0 spiro atoms. The lowest BCUT2D eigenvalue weighted by Gasteiger charge is -2.11. The van der Waals surface area contributed by atoms with Gasteiger partial charge in [0.25, 0.3) is 5.91 Å². The number of ether oxygens (including phenoxy) is 1. The van der Waals surface area contributed by atoms with Crippen molar-refractivity contribution >= 4 is 21.4 Å². The number of sulfone groups is 1. The van der Waals surface area contributed by atoms with Gasteiger partial charge in [-0.2, -0.15) is 0 Å². The molecule has 1 amide bonds. The summed E-state index contributed by atoms with van der Waals surface area (Å²) in [7, 11) is -3.44. The van der Waals surface area contributed by atoms with Crippen LogP contribution in [0.25, 0.3) is 0 Å². The molecule has 3 aromatic rings. The molecule has 0 fully saturated rings. The minimum Gasteiger partial charge on any atom is -0.492 e. The van der Waals surface area contributed by atoms with Crippen molar-refractivity contribution in [3.8, 4) is 5.75 Å². The average Bonchev–Trinajstić information content (AvgIpc) is 2.70. The van der Waals surface area contributed by atoms with E-state index in [2.05, 4.69) is 5.32 Å². The SMILES string of the molecule is CCOc1ccccc1NC(=O)c1ccc(CS(=O)(=O)c2ccc(C)cc2)cc1. The first-order valence-corrected chi connectivity index (χ1v) is 11.0. The fraction of sp³-hybridized carbons (Fsp3) is 0.174. The summed E-state index contributed by atoms with van der Waals surface area (Å²) in [6.07, 6.45) is 0. The van der Waals surface area contributed by atoms with Crippen molar-refractivity contribution < 1.29 is 17.9 Å². The van der Waals surface area contributed by atoms with Crippen molar-refractivity contribution in [3.63, 3.8) is 0 Å². The van der Waals surface area contributed by atoms with Gasteiger partial charge in [0.15, 0.2) is 9.84 Å². The molecule has 0 atom stereocenters. The number of anilines is 1. The molecule has 3 rings (SSSR count). The van der Waals surface area contributed by atoms with E-state index < -0.39 is 9.84 Å². The van der Waals surface area contributed by atoms with E-state index in [0.29, 0.717) is 29.2 Å². The van der Waals surface area contributed by atoms with Gasteiger partial charge in [-0.25, -0.2) is 8.42 Å². The molecule has 0 bridgehead atoms. The van der Waals surface area contributed by atoms with Gasteiger partial charge < -0.3 is 10.1 Å². The van der Waals surface area contributed by atoms with Gasteiger partial charge in [0, 0.05) is 5.56 Å². The Morgan fingerprint density at radius 1 is 0.931 bits per heavy atom. The van der Waals surface area contributed by atoms with Crippen LogP contribution in [0.5, 0.6) is 5.75 Å². The highest BCUT2D eigenvalue weighted by atomic mass is 32.2. The minimum absolute atomic E-state index is 0.120. The standard InChI is InChI=1S/C23H23NO4S/c1-3-28-22-7-5-4-6-21(22)24-23(25)19-12-10-18(11-13-19)16-29(26,27)20-14-8-17(2)9-15-20/h4-15H,3,16H2,1-2H3,(H,24,25). The van der Waals surface area contributed by atoms with E-state index >= 15 is 0 Å². The Kier molecular flexibility index (Phi) is 6.34. The highest BCUT2D eigenvalue weighted by Gasteiger charge is 2.16. The summed E-state index contributed by atoms with van der Waals surface area (Å²) in [4.78, 5) is 12.8. The van der Waals surface area contributed by atoms with Crippen molar-refractivity contribution in [2.45, 2.75) is 24.5 Å². The van der Waals surface area contributed by atoms with Crippen LogP contribution in [0.3, 0.4) is 0 Å². The molecule has 0 heterocycles. The molecule has 0 aliphatic heterocycles. The van der Waals surface area contributed by atoms with Crippen molar-refractivity contribution in [2.75, 3.05) is 11.9 Å². The summed E-state index contributed by atoms with van der Waals surface area (Å²) in [5.41, 5.74) is 2.65. The highest BCUT2D eigenvalue weighted by Crippen LogP contribution is 2.24. The average molecular weight is 410 g/mol. The molecule has 0 radical (unpaired) electrons. The summed E-state index contributed by atoms with van der Waals surface area (Å²) >= 11 is 0. The van der Waals surface area contributed by atoms with Crippen LogP contribution in [0.1, 0.15) is 28.4 Å². The van der Waals surface area contributed by atoms with E-state index in [1.54, 1.807) is 60.7 Å². The van der Waals surface area contributed by atoms with Crippen LogP contribution < -0.4 is 10.1 Å². The third-order valence-corrected chi connectivity index (χ3v) is 6.09. The summed E-state index contributed by atoms with van der Waals surface area (Å²) in [5.74, 6) is 0.194. The van der Waals surface area contributed by atoms with Gasteiger partial charge in [-0.1, -0.05) is 42.0 Å². The minimum atomic E-state index is -3.44. The predicted molar refractivity (Wildman–Crippen MR) is 114 cm³/mol. The Hall–Kier alpha value is -3.12. The predicted octanol–water partition coefficient (Wildman–Crippen LogP) is 4.62. The van der Waals surface area contributed by atoms with E-state index in [4.69, 9.17) is 4.74 Å². The van der Waals surface area contributed by atoms with Crippen LogP contribution in [-0.2, 0) is 15.6 Å². The molecule has 0 saturated carbocycles. The van der Waals surface area contributed by atoms with Crippen LogP contribution in [0, 0.1) is 6.92 Å². The third kappa shape index (κ3) is 5.23. The maximum absolute atomic E-state index is 12.6. The first-order valence-electron chi connectivity index (χ1n) is 9.30. The maximum Gasteiger partial charge on any atom is 0.255 e. The monoisotopic (exact) mass is 409 g/mol. The Balaban J connectivity index is 1.71. The summed E-state index contributed by atoms with van der Waals surface area (Å²) in [6.45, 7) is 4.28. The summed E-state index contributed by atoms with van der Waals surface area (Å²) < 4.78 is 30.7. The maximum atomic E-state index is 12.6. The van der Waals surface area contributed by atoms with Crippen molar-refractivity contribution in [3.05, 3.63) is 89.5 Å². The molecule has 29 heavy (non-hydrogen) atoms. The summed E-state index contributed by atoms with van der Waals surface area (Å²) in [5, 5.41) is 2.83. The second-order valence-electron chi connectivity index (χ2n) is 6.65. The second kappa shape index (κ2) is 8.92. The largest absolute Gasteiger partial charge is 0.492 e. The number of hydrogen-bond acceptors (Lipinski definition) is 4. The normalized spacial score (nSPS) is 11.1. The number of carbonyl (C=O) groups excluding carboxylic acids is 1. The zero-order chi connectivity index (χ0) is 20.9. The number of benzene rings is 3. The number of amides is 1. The molecule has 150 valence electrons. The van der Waals surface area contributed by atoms with Gasteiger partial charge in [0.05, 0.1) is 22.9 Å². The van der Waals surface area contributed by atoms with Crippen LogP contribution in [0.2, 0.25) is 0 Å². The molecule has 0 aliphatic rings. The number of carbonyl (C=O) groups is 1. The lowest BCUT2D eigenvalue weighted by atomic mass is 10.1. The molecule has 0 saturated heterocycles. The van der Waals surface area contributed by atoms with Crippen molar-refractivity contribution in [1.82, 2.24) is 0 Å². The molecular formula is C23H23NO4S. The van der Waals surface area contributed by atoms with Gasteiger partial charge >= 0.3 is 0 Å². The third-order valence-electron chi connectivity index (χ3n) is 4.39. The van der Waals surface area contributed by atoms with Gasteiger partial charge in [-0.05, 0) is 55.8 Å². The number of rotatable bonds is 7. The van der Waals surface area contributed by atoms with Gasteiger partial charge in [0.1, 0.15) is 5.75 Å². The van der Waals surface area contributed by atoms with E-state index in [-0.39, 0.29) is 16.6 Å². The van der Waals surface area contributed by atoms with Crippen LogP contribution in [0.4, 0.5) is 5.69 Å². The van der Waals surface area contributed by atoms with Gasteiger partial charge in [0.2, 0.25) is 0 Å². The fourth-order valence-electron chi connectivity index (χ4n) is 2.85. The topological polar surface area (TPSA) is 72.5 Å². The molecule has 3 aromatic carbocycles. The Morgan fingerprint density at radius 3 is 2.24 bits per heavy atom. The van der Waals surface area contributed by atoms with Crippen LogP contribution >= 0.6 is 0 Å². The zero-order valence-electron chi connectivity index (χ0n) is 16.4. The smallest absolute Gasteiger partial charge is 0.255 e. The van der Waals surface area contributed by atoms with E-state index in [0.717, 1.165) is 5.56 Å². The highest BCUT2D eigenvalue weighted by molar-refractivity contribution is 7.90. The summed E-state index contributed by atoms with van der Waals surface area (Å²) in [6, 6.07) is 20.6. The zero-order valence-corrected chi connectivity index (χ0v) is 17.2. The first-order chi connectivity index (χ1) is 13.9. The number of aryl methyl sites for hydroxylation is 1. The van der Waals surface area contributed by atoms with Gasteiger partial charge in [-0.15, -0.1) is 0 Å². The van der Waals surface area contributed by atoms with E-state index in [1.165, 1.54) is 0 Å².